The van der Waals surface area contributed by atoms with Crippen LogP contribution in [0.4, 0.5) is 16.2 Å². The second-order valence-electron chi connectivity index (χ2n) is 6.72. The van der Waals surface area contributed by atoms with E-state index in [-0.39, 0.29) is 6.03 Å². The summed E-state index contributed by atoms with van der Waals surface area (Å²) in [7, 11) is 3.30. The molecule has 0 aliphatic carbocycles. The summed E-state index contributed by atoms with van der Waals surface area (Å²) in [4.78, 5) is 16.1. The Hall–Kier alpha value is -3.25. The monoisotopic (exact) mass is 440 g/mol. The Bertz CT molecular complexity index is 1070. The lowest BCUT2D eigenvalue weighted by molar-refractivity contribution is 0.262. The number of aliphatic imine (C=N–C) groups is 1. The summed E-state index contributed by atoms with van der Waals surface area (Å²) in [5.74, 6) is 0.556. The third-order valence-corrected chi connectivity index (χ3v) is 5.03. The number of hydrogen-bond donors (Lipinski definition) is 2. The van der Waals surface area contributed by atoms with Crippen LogP contribution in [0.25, 0.3) is 10.9 Å². The maximum Gasteiger partial charge on any atom is 0.323 e. The summed E-state index contributed by atoms with van der Waals surface area (Å²) in [6, 6.07) is 10.9. The summed E-state index contributed by atoms with van der Waals surface area (Å²) < 4.78 is 7.47. The van der Waals surface area contributed by atoms with Crippen molar-refractivity contribution in [3.05, 3.63) is 65.8 Å². The van der Waals surface area contributed by atoms with E-state index in [1.54, 1.807) is 32.5 Å². The number of urea groups is 1. The van der Waals surface area contributed by atoms with E-state index in [0.29, 0.717) is 16.5 Å². The standard InChI is InChI=1S/C21H22ClN3O2.C3H7N/c1-4-5-10-25-11-9-15-17(7-6-8-19(15)25)23-21(26)24-18-13-16(22)14(2)12-20(18)27-3;1-3-4-2/h4,6-9,11-13H,1,5,10H2,2-3H3,(H2,23,24,26);3H,1-2H3. The van der Waals surface area contributed by atoms with Crippen LogP contribution in [0, 0.1) is 6.92 Å². The van der Waals surface area contributed by atoms with Crippen LogP contribution in [0.2, 0.25) is 5.02 Å². The molecule has 0 saturated heterocycles. The molecule has 7 heteroatoms. The van der Waals surface area contributed by atoms with Crippen molar-refractivity contribution in [2.75, 3.05) is 24.8 Å². The third kappa shape index (κ3) is 6.36. The molecule has 2 N–H and O–H groups in total. The van der Waals surface area contributed by atoms with Gasteiger partial charge in [0, 0.05) is 30.2 Å². The zero-order chi connectivity index (χ0) is 22.8. The largest absolute Gasteiger partial charge is 0.495 e. The second-order valence-corrected chi connectivity index (χ2v) is 7.13. The Morgan fingerprint density at radius 1 is 1.26 bits per heavy atom. The van der Waals surface area contributed by atoms with Crippen molar-refractivity contribution in [1.29, 1.82) is 0 Å². The number of amides is 2. The zero-order valence-electron chi connectivity index (χ0n) is 18.4. The van der Waals surface area contributed by atoms with E-state index in [4.69, 9.17) is 16.3 Å². The number of hydrogen-bond acceptors (Lipinski definition) is 3. The van der Waals surface area contributed by atoms with Gasteiger partial charge in [0.2, 0.25) is 0 Å². The van der Waals surface area contributed by atoms with Crippen LogP contribution in [0.5, 0.6) is 5.75 Å². The number of aryl methyl sites for hydroxylation is 2. The molecule has 0 radical (unpaired) electrons. The lowest BCUT2D eigenvalue weighted by Gasteiger charge is -2.13. The van der Waals surface area contributed by atoms with Crippen LogP contribution < -0.4 is 15.4 Å². The van der Waals surface area contributed by atoms with Crippen LogP contribution in [-0.2, 0) is 6.54 Å². The molecular weight excluding hydrogens is 412 g/mol. The van der Waals surface area contributed by atoms with E-state index in [9.17, 15) is 4.79 Å². The van der Waals surface area contributed by atoms with Crippen molar-refractivity contribution in [2.45, 2.75) is 26.8 Å². The maximum atomic E-state index is 12.5. The predicted octanol–water partition coefficient (Wildman–Crippen LogP) is 6.54. The molecule has 31 heavy (non-hydrogen) atoms. The van der Waals surface area contributed by atoms with E-state index in [1.807, 2.05) is 50.4 Å². The van der Waals surface area contributed by atoms with E-state index in [1.165, 1.54) is 0 Å². The van der Waals surface area contributed by atoms with Gasteiger partial charge >= 0.3 is 6.03 Å². The minimum atomic E-state index is -0.362. The molecule has 1 heterocycles. The van der Waals surface area contributed by atoms with Gasteiger partial charge in [0.1, 0.15) is 5.75 Å². The average molecular weight is 441 g/mol. The SMILES string of the molecule is C=CCCn1ccc2c(NC(=O)Nc3cc(Cl)c(C)cc3OC)cccc21.CC=NC. The van der Waals surface area contributed by atoms with Crippen LogP contribution in [0.15, 0.2) is 60.2 Å². The highest BCUT2D eigenvalue weighted by Gasteiger charge is 2.12. The Morgan fingerprint density at radius 3 is 2.61 bits per heavy atom. The third-order valence-electron chi connectivity index (χ3n) is 4.62. The number of nitrogens with one attached hydrogen (secondary N) is 2. The summed E-state index contributed by atoms with van der Waals surface area (Å²) in [5.41, 5.74) is 3.19. The number of rotatable bonds is 6. The number of anilines is 2. The van der Waals surface area contributed by atoms with Gasteiger partial charge in [-0.05, 0) is 62.4 Å². The molecular formula is C24H29ClN4O2. The molecule has 6 nitrogen and oxygen atoms in total. The molecule has 0 aliphatic rings. The highest BCUT2D eigenvalue weighted by molar-refractivity contribution is 6.31. The van der Waals surface area contributed by atoms with Crippen molar-refractivity contribution < 1.29 is 9.53 Å². The molecule has 0 saturated carbocycles. The molecule has 0 unspecified atom stereocenters. The Morgan fingerprint density at radius 2 is 1.97 bits per heavy atom. The van der Waals surface area contributed by atoms with Gasteiger partial charge in [0.25, 0.3) is 0 Å². The number of carbonyl (C=O) groups is 1. The summed E-state index contributed by atoms with van der Waals surface area (Å²) in [5, 5.41) is 7.25. The Balaban J connectivity index is 0.000000785. The van der Waals surface area contributed by atoms with Crippen molar-refractivity contribution in [2.24, 2.45) is 4.99 Å². The molecule has 3 aromatic rings. The van der Waals surface area contributed by atoms with Gasteiger partial charge in [-0.1, -0.05) is 23.7 Å². The first-order valence-electron chi connectivity index (χ1n) is 9.92. The van der Waals surface area contributed by atoms with Crippen LogP contribution in [0.3, 0.4) is 0 Å². The first kappa shape index (κ1) is 24.0. The number of methoxy groups -OCH3 is 1. The van der Waals surface area contributed by atoms with Crippen LogP contribution in [0.1, 0.15) is 18.9 Å². The highest BCUT2D eigenvalue weighted by Crippen LogP contribution is 2.31. The topological polar surface area (TPSA) is 67.7 Å². The first-order valence-corrected chi connectivity index (χ1v) is 10.3. The van der Waals surface area contributed by atoms with Crippen molar-refractivity contribution >= 4 is 46.1 Å². The molecule has 2 amide bonds. The lowest BCUT2D eigenvalue weighted by Crippen LogP contribution is -2.20. The number of aromatic nitrogens is 1. The van der Waals surface area contributed by atoms with Gasteiger partial charge in [0.05, 0.1) is 24.0 Å². The minimum Gasteiger partial charge on any atom is -0.495 e. The van der Waals surface area contributed by atoms with Gasteiger partial charge in [-0.3, -0.25) is 0 Å². The summed E-state index contributed by atoms with van der Waals surface area (Å²) >= 11 is 6.17. The first-order chi connectivity index (χ1) is 14.9. The number of fused-ring (bicyclic) bond motifs is 1. The Labute approximate surface area is 188 Å². The molecule has 0 bridgehead atoms. The van der Waals surface area contributed by atoms with Crippen molar-refractivity contribution in [1.82, 2.24) is 4.57 Å². The fraction of sp³-hybridized carbons (Fsp3) is 0.250. The second kappa shape index (κ2) is 11.8. The molecule has 0 fully saturated rings. The van der Waals surface area contributed by atoms with Crippen molar-refractivity contribution in [3.8, 4) is 5.75 Å². The molecule has 164 valence electrons. The van der Waals surface area contributed by atoms with Crippen molar-refractivity contribution in [3.63, 3.8) is 0 Å². The van der Waals surface area contributed by atoms with Crippen LogP contribution in [-0.4, -0.2) is 31.0 Å². The number of nitrogens with zero attached hydrogens (tertiary/aromatic N) is 2. The van der Waals surface area contributed by atoms with Gasteiger partial charge in [-0.25, -0.2) is 4.79 Å². The number of carbonyl (C=O) groups excluding carboxylic acids is 1. The molecule has 0 spiro atoms. The van der Waals surface area contributed by atoms with Gasteiger partial charge in [-0.2, -0.15) is 0 Å². The number of allylic oxidation sites excluding steroid dienone is 1. The molecule has 0 atom stereocenters. The van der Waals surface area contributed by atoms with Gasteiger partial charge in [-0.15, -0.1) is 6.58 Å². The highest BCUT2D eigenvalue weighted by atomic mass is 35.5. The predicted molar refractivity (Wildman–Crippen MR) is 132 cm³/mol. The smallest absolute Gasteiger partial charge is 0.323 e. The number of halogens is 1. The van der Waals surface area contributed by atoms with Gasteiger partial charge in [0.15, 0.2) is 0 Å². The fourth-order valence-electron chi connectivity index (χ4n) is 2.96. The minimum absolute atomic E-state index is 0.362. The van der Waals surface area contributed by atoms with Crippen LogP contribution >= 0.6 is 11.6 Å². The van der Waals surface area contributed by atoms with E-state index >= 15 is 0 Å². The molecule has 2 aromatic carbocycles. The number of benzene rings is 2. The zero-order valence-corrected chi connectivity index (χ0v) is 19.2. The number of ether oxygens (including phenoxy) is 1. The quantitative estimate of drug-likeness (QED) is 0.337. The normalized spacial score (nSPS) is 10.5. The Kier molecular flexibility index (Phi) is 9.15. The molecule has 1 aromatic heterocycles. The van der Waals surface area contributed by atoms with E-state index < -0.39 is 0 Å². The maximum absolute atomic E-state index is 12.5. The summed E-state index contributed by atoms with van der Waals surface area (Å²) in [6.07, 6.45) is 6.54. The average Bonchev–Trinajstić information content (AvgIpc) is 3.18. The lowest BCUT2D eigenvalue weighted by atomic mass is 10.2. The summed E-state index contributed by atoms with van der Waals surface area (Å²) in [6.45, 7) is 8.38. The van der Waals surface area contributed by atoms with E-state index in [2.05, 4.69) is 26.8 Å². The van der Waals surface area contributed by atoms with Gasteiger partial charge < -0.3 is 24.9 Å². The fourth-order valence-corrected chi connectivity index (χ4v) is 3.12. The van der Waals surface area contributed by atoms with E-state index in [0.717, 1.165) is 35.1 Å². The molecule has 3 rings (SSSR count). The molecule has 0 aliphatic heterocycles.